The summed E-state index contributed by atoms with van der Waals surface area (Å²) in [7, 11) is 0. The Labute approximate surface area is 403 Å². The van der Waals surface area contributed by atoms with Crippen molar-refractivity contribution in [2.24, 2.45) is 23.1 Å². The van der Waals surface area contributed by atoms with Gasteiger partial charge in [-0.1, -0.05) is 96.8 Å². The van der Waals surface area contributed by atoms with Crippen LogP contribution in [0.1, 0.15) is 182 Å². The van der Waals surface area contributed by atoms with Crippen molar-refractivity contribution < 1.29 is 62.7 Å². The van der Waals surface area contributed by atoms with E-state index in [-0.39, 0.29) is 68.2 Å². The molecule has 0 radical (unpaired) electrons. The molecule has 0 rings (SSSR count). The number of nitrogens with one attached hydrogen (secondary N) is 2. The number of primary amides is 1. The lowest BCUT2D eigenvalue weighted by Gasteiger charge is -2.12. The van der Waals surface area contributed by atoms with Crippen LogP contribution in [0.2, 0.25) is 0 Å². The van der Waals surface area contributed by atoms with Gasteiger partial charge in [0.05, 0.1) is 38.4 Å². The average Bonchev–Trinajstić information content (AvgIpc) is 3.30. The van der Waals surface area contributed by atoms with Gasteiger partial charge in [0.1, 0.15) is 30.8 Å². The largest absolute Gasteiger partial charge is 0.481 e. The Balaban J connectivity index is -0.00000109. The van der Waals surface area contributed by atoms with Crippen LogP contribution in [0.15, 0.2) is 0 Å². The van der Waals surface area contributed by atoms with E-state index < -0.39 is 29.9 Å². The molecule has 0 fully saturated rings. The minimum Gasteiger partial charge on any atom is -0.481 e. The quantitative estimate of drug-likeness (QED) is 0.0384. The lowest BCUT2D eigenvalue weighted by Crippen LogP contribution is -2.39. The maximum atomic E-state index is 12.2. The summed E-state index contributed by atoms with van der Waals surface area (Å²) >= 11 is 0. The predicted octanol–water partition coefficient (Wildman–Crippen LogP) is 5.24. The zero-order valence-electron chi connectivity index (χ0n) is 42.1. The van der Waals surface area contributed by atoms with Crippen molar-refractivity contribution in [3.63, 3.8) is 0 Å². The number of ketones is 3. The Morgan fingerprint density at radius 2 is 1.06 bits per heavy atom. The monoisotopic (exact) mass is 962 g/mol. The Bertz CT molecular complexity index is 1240. The van der Waals surface area contributed by atoms with Gasteiger partial charge in [-0.2, -0.15) is 0 Å². The molecular formula is C49H95N5O13. The molecule has 0 heterocycles. The molecule has 0 spiro atoms. The van der Waals surface area contributed by atoms with Gasteiger partial charge in [0.2, 0.25) is 17.7 Å². The van der Waals surface area contributed by atoms with Gasteiger partial charge >= 0.3 is 5.97 Å². The molecule has 0 aliphatic carbocycles. The highest BCUT2D eigenvalue weighted by Crippen LogP contribution is 2.17. The van der Waals surface area contributed by atoms with E-state index in [1.165, 1.54) is 84.0 Å². The number of carbonyl (C=O) groups is 7. The van der Waals surface area contributed by atoms with E-state index in [1.807, 2.05) is 13.8 Å². The van der Waals surface area contributed by atoms with E-state index >= 15 is 0 Å². The van der Waals surface area contributed by atoms with Gasteiger partial charge < -0.3 is 57.0 Å². The van der Waals surface area contributed by atoms with E-state index in [0.29, 0.717) is 78.4 Å². The number of carboxylic acids is 1. The van der Waals surface area contributed by atoms with E-state index in [2.05, 4.69) is 23.3 Å². The van der Waals surface area contributed by atoms with Crippen LogP contribution in [-0.2, 0) is 52.5 Å². The third kappa shape index (κ3) is 53.4. The highest BCUT2D eigenvalue weighted by atomic mass is 16.5. The topological polar surface area (TPSA) is 299 Å². The number of aliphatic carboxylic acids is 1. The van der Waals surface area contributed by atoms with Crippen molar-refractivity contribution in [3.8, 4) is 0 Å². The number of nitrogens with two attached hydrogens (primary N) is 3. The first-order valence-corrected chi connectivity index (χ1v) is 25.2. The molecule has 0 aromatic heterocycles. The third-order valence-corrected chi connectivity index (χ3v) is 10.5. The zero-order chi connectivity index (χ0) is 50.8. The second kappa shape index (κ2) is 52.0. The summed E-state index contributed by atoms with van der Waals surface area (Å²) < 4.78 is 20.7. The molecule has 0 aliphatic heterocycles. The predicted molar refractivity (Wildman–Crippen MR) is 261 cm³/mol. The number of hydrogen-bond donors (Lipinski definition) is 7. The number of amides is 3. The number of hydrogen-bond acceptors (Lipinski definition) is 14. The molecule has 0 saturated heterocycles. The summed E-state index contributed by atoms with van der Waals surface area (Å²) in [6.45, 7) is 11.0. The van der Waals surface area contributed by atoms with Crippen LogP contribution in [-0.4, -0.2) is 136 Å². The highest BCUT2D eigenvalue weighted by molar-refractivity contribution is 5.84. The summed E-state index contributed by atoms with van der Waals surface area (Å²) in [5, 5.41) is 22.9. The summed E-state index contributed by atoms with van der Waals surface area (Å²) in [4.78, 5) is 79.2. The van der Waals surface area contributed by atoms with Crippen LogP contribution < -0.4 is 27.8 Å². The number of carboxylic acid groups (broad SMARTS) is 1. The van der Waals surface area contributed by atoms with E-state index in [9.17, 15) is 38.7 Å². The fraction of sp³-hybridized carbons (Fsp3) is 0.857. The first-order valence-electron chi connectivity index (χ1n) is 25.2. The summed E-state index contributed by atoms with van der Waals surface area (Å²) in [6.07, 6.45) is 23.3. The van der Waals surface area contributed by atoms with Gasteiger partial charge in [0.15, 0.2) is 5.78 Å². The van der Waals surface area contributed by atoms with Crippen LogP contribution in [0.25, 0.3) is 0 Å². The third-order valence-electron chi connectivity index (χ3n) is 10.5. The fourth-order valence-electron chi connectivity index (χ4n) is 6.29. The van der Waals surface area contributed by atoms with Gasteiger partial charge in [-0.3, -0.25) is 33.6 Å². The molecule has 3 atom stereocenters. The maximum absolute atomic E-state index is 12.2. The Kier molecular flexibility index (Phi) is 52.7. The molecule has 18 heteroatoms. The van der Waals surface area contributed by atoms with Crippen molar-refractivity contribution in [1.82, 2.24) is 10.6 Å². The Hall–Kier alpha value is -3.39. The molecular weight excluding hydrogens is 867 g/mol. The number of aliphatic hydroxyl groups is 1. The molecule has 0 aromatic rings. The smallest absolute Gasteiger partial charge is 0.306 e. The molecule has 0 aromatic carbocycles. The van der Waals surface area contributed by atoms with E-state index in [4.69, 9.17) is 35.5 Å². The van der Waals surface area contributed by atoms with Crippen LogP contribution >= 0.6 is 0 Å². The highest BCUT2D eigenvalue weighted by Gasteiger charge is 2.22. The molecule has 67 heavy (non-hydrogen) atoms. The second-order valence-corrected chi connectivity index (χ2v) is 16.8. The molecule has 0 unspecified atom stereocenters. The van der Waals surface area contributed by atoms with Crippen molar-refractivity contribution in [2.75, 3.05) is 72.6 Å². The summed E-state index contributed by atoms with van der Waals surface area (Å²) in [5.41, 5.74) is 15.1. The van der Waals surface area contributed by atoms with Gasteiger partial charge in [0, 0.05) is 58.6 Å². The van der Waals surface area contributed by atoms with Crippen molar-refractivity contribution in [1.29, 1.82) is 0 Å². The van der Waals surface area contributed by atoms with Crippen LogP contribution in [0.3, 0.4) is 0 Å². The number of rotatable bonds is 46. The van der Waals surface area contributed by atoms with Gasteiger partial charge in [0.25, 0.3) is 0 Å². The molecule has 394 valence electrons. The fourth-order valence-corrected chi connectivity index (χ4v) is 6.29. The SMILES string of the molecule is CCCCCCCCCCCCCCCCCC(=O)C[C@@H](CCC(=O)NCCOCC)C(=O)O.CCOCC(=O)CCCOCCOCC(=O)NCCCC[C@H](N)C(C)=O.NC(=O)[C@@H](N)CO. The number of aliphatic hydroxyl groups excluding tert-OH is 1. The first kappa shape index (κ1) is 67.9. The molecule has 0 saturated carbocycles. The van der Waals surface area contributed by atoms with Crippen molar-refractivity contribution >= 4 is 41.0 Å². The number of carbonyl (C=O) groups excluding carboxylic acids is 6. The van der Waals surface area contributed by atoms with Crippen LogP contribution in [0.5, 0.6) is 0 Å². The van der Waals surface area contributed by atoms with Gasteiger partial charge in [-0.15, -0.1) is 0 Å². The molecule has 0 aliphatic rings. The van der Waals surface area contributed by atoms with E-state index in [0.717, 1.165) is 32.1 Å². The maximum Gasteiger partial charge on any atom is 0.306 e. The number of Topliss-reactive ketones (excluding diaryl/α,β-unsaturated/α-hetero) is 3. The van der Waals surface area contributed by atoms with Crippen molar-refractivity contribution in [3.05, 3.63) is 0 Å². The molecule has 0 bridgehead atoms. The van der Waals surface area contributed by atoms with Crippen LogP contribution in [0.4, 0.5) is 0 Å². The standard InChI is InChI=1S/C28H53NO5.C18H34N2O6.C3H8N2O2/c1-3-5-6-7-8-9-10-11-12-13-14-15-16-17-18-19-26(30)24-25(28(32)33)20-21-27(31)29-22-23-34-4-2;1-3-24-13-16(22)7-6-10-25-11-12-26-14-18(23)20-9-5-4-8-17(19)15(2)21;4-2(1-6)3(5)7/h25H,3-24H2,1-2H3,(H,29,31)(H,32,33);17H,3-14,19H2,1-2H3,(H,20,23);2,6H,1,4H2,(H2,5,7)/t25-;17-;2-/m100/s1. The Morgan fingerprint density at radius 3 is 1.57 bits per heavy atom. The lowest BCUT2D eigenvalue weighted by molar-refractivity contribution is -0.144. The zero-order valence-corrected chi connectivity index (χ0v) is 42.1. The average molecular weight is 962 g/mol. The first-order chi connectivity index (χ1) is 32.2. The number of unbranched alkanes of at least 4 members (excludes halogenated alkanes) is 15. The molecule has 10 N–H and O–H groups in total. The second-order valence-electron chi connectivity index (χ2n) is 16.8. The van der Waals surface area contributed by atoms with Gasteiger partial charge in [-0.25, -0.2) is 0 Å². The Morgan fingerprint density at radius 1 is 0.522 bits per heavy atom. The summed E-state index contributed by atoms with van der Waals surface area (Å²) in [6, 6.07) is -1.31. The van der Waals surface area contributed by atoms with Gasteiger partial charge in [-0.05, 0) is 59.3 Å². The molecule has 18 nitrogen and oxygen atoms in total. The van der Waals surface area contributed by atoms with E-state index in [1.54, 1.807) is 0 Å². The van der Waals surface area contributed by atoms with Crippen molar-refractivity contribution in [2.45, 2.75) is 194 Å². The lowest BCUT2D eigenvalue weighted by atomic mass is 9.94. The normalized spacial score (nSPS) is 12.1. The minimum absolute atomic E-state index is 0.00107. The summed E-state index contributed by atoms with van der Waals surface area (Å²) in [5.74, 6) is -2.76. The minimum atomic E-state index is -0.994. The number of ether oxygens (including phenoxy) is 4. The molecule has 3 amide bonds. The van der Waals surface area contributed by atoms with Crippen LogP contribution in [0, 0.1) is 5.92 Å².